The summed E-state index contributed by atoms with van der Waals surface area (Å²) in [5.41, 5.74) is 1.61. The number of hydrogen-bond acceptors (Lipinski definition) is 6. The van der Waals surface area contributed by atoms with Crippen molar-refractivity contribution in [3.63, 3.8) is 0 Å². The number of aromatic nitrogens is 2. The number of anilines is 1. The number of carbonyl (C=O) groups excluding carboxylic acids is 1. The Morgan fingerprint density at radius 2 is 2.08 bits per heavy atom. The Kier molecular flexibility index (Phi) is 4.82. The number of amides is 1. The number of fused-ring (bicyclic) bond motifs is 1. The lowest BCUT2D eigenvalue weighted by Gasteiger charge is -2.00. The molecule has 0 aliphatic carbocycles. The molecule has 2 heterocycles. The third-order valence-corrected chi connectivity index (χ3v) is 5.79. The van der Waals surface area contributed by atoms with Crippen molar-refractivity contribution in [2.45, 2.75) is 33.6 Å². The molecule has 0 saturated heterocycles. The van der Waals surface area contributed by atoms with Gasteiger partial charge in [-0.15, -0.1) is 11.3 Å². The van der Waals surface area contributed by atoms with Crippen LogP contribution in [-0.4, -0.2) is 22.5 Å². The highest BCUT2D eigenvalue weighted by Gasteiger charge is 2.18. The summed E-state index contributed by atoms with van der Waals surface area (Å²) < 4.78 is 6.49. The lowest BCUT2D eigenvalue weighted by Crippen LogP contribution is -2.11. The van der Waals surface area contributed by atoms with Gasteiger partial charge < -0.3 is 4.74 Å². The van der Waals surface area contributed by atoms with E-state index in [1.807, 2.05) is 32.0 Å². The van der Waals surface area contributed by atoms with Gasteiger partial charge in [0.1, 0.15) is 10.6 Å². The summed E-state index contributed by atoms with van der Waals surface area (Å²) in [6.45, 7) is 8.58. The average Bonchev–Trinajstić information content (AvgIpc) is 3.10. The fourth-order valence-corrected chi connectivity index (χ4v) is 4.10. The summed E-state index contributed by atoms with van der Waals surface area (Å²) in [7, 11) is 0. The Bertz CT molecular complexity index is 883. The van der Waals surface area contributed by atoms with Gasteiger partial charge >= 0.3 is 0 Å². The number of nitrogens with one attached hydrogen (secondary N) is 1. The van der Waals surface area contributed by atoms with Crippen LogP contribution in [0.3, 0.4) is 0 Å². The summed E-state index contributed by atoms with van der Waals surface area (Å²) in [5.74, 6) is 0.974. The predicted octanol–water partition coefficient (Wildman–Crippen LogP) is 4.84. The second-order valence-electron chi connectivity index (χ2n) is 5.66. The number of hydrogen-bond donors (Lipinski definition) is 1. The normalized spacial score (nSPS) is 11.2. The van der Waals surface area contributed by atoms with Crippen molar-refractivity contribution >= 4 is 43.9 Å². The minimum Gasteiger partial charge on any atom is -0.494 e. The Morgan fingerprint density at radius 3 is 2.75 bits per heavy atom. The van der Waals surface area contributed by atoms with Crippen LogP contribution in [0.4, 0.5) is 5.13 Å². The van der Waals surface area contributed by atoms with Gasteiger partial charge in [-0.25, -0.2) is 9.97 Å². The molecule has 7 heteroatoms. The van der Waals surface area contributed by atoms with E-state index in [4.69, 9.17) is 4.74 Å². The summed E-state index contributed by atoms with van der Waals surface area (Å²) in [5, 5.41) is 4.45. The number of carbonyl (C=O) groups is 1. The molecule has 1 aromatic carbocycles. The van der Waals surface area contributed by atoms with Gasteiger partial charge in [-0.3, -0.25) is 10.1 Å². The Balaban J connectivity index is 1.82. The zero-order valence-corrected chi connectivity index (χ0v) is 15.7. The molecule has 126 valence electrons. The van der Waals surface area contributed by atoms with Gasteiger partial charge in [0.15, 0.2) is 5.13 Å². The van der Waals surface area contributed by atoms with Gasteiger partial charge in [0.05, 0.1) is 27.5 Å². The van der Waals surface area contributed by atoms with Crippen LogP contribution in [0.1, 0.15) is 47.1 Å². The molecule has 2 aromatic heterocycles. The summed E-state index contributed by atoms with van der Waals surface area (Å²) >= 11 is 2.89. The topological polar surface area (TPSA) is 64.1 Å². The highest BCUT2D eigenvalue weighted by Crippen LogP contribution is 2.30. The quantitative estimate of drug-likeness (QED) is 0.706. The van der Waals surface area contributed by atoms with Gasteiger partial charge in [-0.2, -0.15) is 0 Å². The molecule has 0 radical (unpaired) electrons. The Morgan fingerprint density at radius 1 is 1.29 bits per heavy atom. The van der Waals surface area contributed by atoms with Gasteiger partial charge in [0.2, 0.25) is 0 Å². The number of ether oxygens (including phenoxy) is 1. The van der Waals surface area contributed by atoms with E-state index in [2.05, 4.69) is 29.1 Å². The minimum atomic E-state index is -0.152. The van der Waals surface area contributed by atoms with E-state index >= 15 is 0 Å². The Hall–Kier alpha value is -1.99. The molecular weight excluding hydrogens is 342 g/mol. The van der Waals surface area contributed by atoms with Crippen molar-refractivity contribution in [1.29, 1.82) is 0 Å². The van der Waals surface area contributed by atoms with Gasteiger partial charge in [0, 0.05) is 5.92 Å². The molecule has 1 N–H and O–H groups in total. The van der Waals surface area contributed by atoms with E-state index in [1.54, 1.807) is 0 Å². The molecule has 3 rings (SSSR count). The van der Waals surface area contributed by atoms with E-state index in [-0.39, 0.29) is 5.91 Å². The monoisotopic (exact) mass is 361 g/mol. The molecule has 5 nitrogen and oxygen atoms in total. The summed E-state index contributed by atoms with van der Waals surface area (Å²) in [6, 6.07) is 5.74. The third kappa shape index (κ3) is 3.42. The van der Waals surface area contributed by atoms with Crippen LogP contribution < -0.4 is 10.1 Å². The molecule has 3 aromatic rings. The van der Waals surface area contributed by atoms with Crippen LogP contribution in [0.2, 0.25) is 0 Å². The largest absolute Gasteiger partial charge is 0.494 e. The molecule has 0 aliphatic rings. The van der Waals surface area contributed by atoms with Crippen molar-refractivity contribution < 1.29 is 9.53 Å². The van der Waals surface area contributed by atoms with E-state index in [1.165, 1.54) is 22.7 Å². The van der Waals surface area contributed by atoms with Gasteiger partial charge in [-0.05, 0) is 32.0 Å². The predicted molar refractivity (Wildman–Crippen MR) is 99.7 cm³/mol. The molecular formula is C17H19N3O2S2. The fraction of sp³-hybridized carbons (Fsp3) is 0.353. The van der Waals surface area contributed by atoms with Crippen LogP contribution in [-0.2, 0) is 0 Å². The average molecular weight is 361 g/mol. The first-order chi connectivity index (χ1) is 11.5. The molecule has 0 fully saturated rings. The van der Waals surface area contributed by atoms with Crippen molar-refractivity contribution in [3.8, 4) is 5.75 Å². The first-order valence-corrected chi connectivity index (χ1v) is 9.43. The molecule has 0 aliphatic heterocycles. The van der Waals surface area contributed by atoms with Gasteiger partial charge in [-0.1, -0.05) is 25.2 Å². The molecule has 24 heavy (non-hydrogen) atoms. The molecule has 0 atom stereocenters. The van der Waals surface area contributed by atoms with Crippen molar-refractivity contribution in [1.82, 2.24) is 9.97 Å². The van der Waals surface area contributed by atoms with E-state index in [0.717, 1.165) is 26.7 Å². The first kappa shape index (κ1) is 16.9. The van der Waals surface area contributed by atoms with Crippen molar-refractivity contribution in [2.24, 2.45) is 0 Å². The Labute approximate surface area is 148 Å². The fourth-order valence-electron chi connectivity index (χ4n) is 2.24. The standard InChI is InChI=1S/C17H19N3O2S2/c1-5-22-11-6-7-12-13(8-11)23-17(19-12)20-15(21)14-10(4)18-16(24-14)9(2)3/h6-9H,5H2,1-4H3,(H,19,20,21). The molecule has 0 saturated carbocycles. The second kappa shape index (κ2) is 6.86. The first-order valence-electron chi connectivity index (χ1n) is 7.80. The van der Waals surface area contributed by atoms with Crippen LogP contribution in [0, 0.1) is 6.92 Å². The molecule has 0 bridgehead atoms. The smallest absolute Gasteiger partial charge is 0.269 e. The van der Waals surface area contributed by atoms with Crippen LogP contribution >= 0.6 is 22.7 Å². The summed E-state index contributed by atoms with van der Waals surface area (Å²) in [6.07, 6.45) is 0. The lowest BCUT2D eigenvalue weighted by molar-refractivity contribution is 0.103. The number of aryl methyl sites for hydroxylation is 1. The van der Waals surface area contributed by atoms with Gasteiger partial charge in [0.25, 0.3) is 5.91 Å². The third-order valence-electron chi connectivity index (χ3n) is 3.40. The van der Waals surface area contributed by atoms with Crippen LogP contribution in [0.15, 0.2) is 18.2 Å². The highest BCUT2D eigenvalue weighted by atomic mass is 32.1. The number of nitrogens with zero attached hydrogens (tertiary/aromatic N) is 2. The maximum Gasteiger partial charge on any atom is 0.269 e. The molecule has 0 unspecified atom stereocenters. The van der Waals surface area contributed by atoms with Crippen molar-refractivity contribution in [2.75, 3.05) is 11.9 Å². The maximum absolute atomic E-state index is 12.5. The minimum absolute atomic E-state index is 0.152. The van der Waals surface area contributed by atoms with Crippen LogP contribution in [0.25, 0.3) is 10.2 Å². The SMILES string of the molecule is CCOc1ccc2nc(NC(=O)c3sc(C(C)C)nc3C)sc2c1. The second-order valence-corrected chi connectivity index (χ2v) is 7.72. The van der Waals surface area contributed by atoms with Crippen molar-refractivity contribution in [3.05, 3.63) is 33.8 Å². The number of benzene rings is 1. The highest BCUT2D eigenvalue weighted by molar-refractivity contribution is 7.22. The maximum atomic E-state index is 12.5. The van der Waals surface area contributed by atoms with E-state index in [9.17, 15) is 4.79 Å². The summed E-state index contributed by atoms with van der Waals surface area (Å²) in [4.78, 5) is 22.1. The zero-order valence-electron chi connectivity index (χ0n) is 14.0. The van der Waals surface area contributed by atoms with Crippen LogP contribution in [0.5, 0.6) is 5.75 Å². The molecule has 0 spiro atoms. The number of rotatable bonds is 5. The zero-order chi connectivity index (χ0) is 17.3. The molecule has 1 amide bonds. The lowest BCUT2D eigenvalue weighted by atomic mass is 10.2. The number of thiazole rings is 2. The van der Waals surface area contributed by atoms with E-state index < -0.39 is 0 Å². The van der Waals surface area contributed by atoms with E-state index in [0.29, 0.717) is 22.5 Å².